The Hall–Kier alpha value is -2.38. The van der Waals surface area contributed by atoms with Crippen LogP contribution in [-0.2, 0) is 24.0 Å². The lowest BCUT2D eigenvalue weighted by atomic mass is 10.0. The summed E-state index contributed by atoms with van der Waals surface area (Å²) in [4.78, 5) is 59.5. The number of rotatable bonds is 15. The van der Waals surface area contributed by atoms with E-state index in [1.54, 1.807) is 13.8 Å². The molecule has 31 heavy (non-hydrogen) atoms. The maximum absolute atomic E-state index is 12.5. The average molecular weight is 464 g/mol. The summed E-state index contributed by atoms with van der Waals surface area (Å²) in [5.41, 5.74) is 11.2. The number of nitrogens with one attached hydrogen (secondary N) is 3. The number of thiol groups is 1. The van der Waals surface area contributed by atoms with Gasteiger partial charge in [0.1, 0.15) is 18.1 Å². The summed E-state index contributed by atoms with van der Waals surface area (Å²) in [5.74, 6) is -5.73. The van der Waals surface area contributed by atoms with Gasteiger partial charge >= 0.3 is 11.9 Å². The summed E-state index contributed by atoms with van der Waals surface area (Å²) in [6, 6.07) is -4.88. The molecule has 9 N–H and O–H groups in total. The largest absolute Gasteiger partial charge is 0.481 e. The van der Waals surface area contributed by atoms with Crippen LogP contribution in [0.15, 0.2) is 0 Å². The van der Waals surface area contributed by atoms with Crippen molar-refractivity contribution in [3.63, 3.8) is 0 Å². The van der Waals surface area contributed by atoms with Crippen molar-refractivity contribution in [2.75, 3.05) is 12.3 Å². The van der Waals surface area contributed by atoms with Gasteiger partial charge in [0.25, 0.3) is 0 Å². The molecule has 0 rings (SSSR count). The first kappa shape index (κ1) is 28.6. The molecule has 0 spiro atoms. The summed E-state index contributed by atoms with van der Waals surface area (Å²) >= 11 is 4.01. The predicted octanol–water partition coefficient (Wildman–Crippen LogP) is -1.96. The molecule has 13 heteroatoms. The van der Waals surface area contributed by atoms with Gasteiger partial charge in [-0.25, -0.2) is 4.79 Å². The molecule has 0 aliphatic rings. The Morgan fingerprint density at radius 1 is 0.903 bits per heavy atom. The van der Waals surface area contributed by atoms with Crippen LogP contribution in [-0.4, -0.2) is 76.3 Å². The summed E-state index contributed by atoms with van der Waals surface area (Å²) in [6.07, 6.45) is 0.898. The zero-order valence-electron chi connectivity index (χ0n) is 17.7. The average Bonchev–Trinajstić information content (AvgIpc) is 2.68. The Morgan fingerprint density at radius 2 is 1.45 bits per heavy atom. The van der Waals surface area contributed by atoms with E-state index in [4.69, 9.17) is 16.6 Å². The number of amides is 3. The van der Waals surface area contributed by atoms with Crippen LogP contribution < -0.4 is 27.4 Å². The number of aliphatic carboxylic acids is 2. The lowest BCUT2D eigenvalue weighted by molar-refractivity contribution is -0.144. The van der Waals surface area contributed by atoms with E-state index in [0.717, 1.165) is 0 Å². The Labute approximate surface area is 186 Å². The fraction of sp³-hybridized carbons (Fsp3) is 0.722. The van der Waals surface area contributed by atoms with Gasteiger partial charge in [-0.15, -0.1) is 0 Å². The van der Waals surface area contributed by atoms with Gasteiger partial charge < -0.3 is 37.6 Å². The maximum atomic E-state index is 12.5. The van der Waals surface area contributed by atoms with Crippen molar-refractivity contribution in [1.29, 1.82) is 0 Å². The molecule has 0 aliphatic carbocycles. The van der Waals surface area contributed by atoms with Gasteiger partial charge in [0.2, 0.25) is 17.7 Å². The van der Waals surface area contributed by atoms with Crippen molar-refractivity contribution in [2.24, 2.45) is 17.4 Å². The van der Waals surface area contributed by atoms with Crippen molar-refractivity contribution < 1.29 is 34.2 Å². The van der Waals surface area contributed by atoms with Gasteiger partial charge in [-0.05, 0) is 25.3 Å². The molecule has 0 radical (unpaired) electrons. The highest BCUT2D eigenvalue weighted by atomic mass is 32.1. The standard InChI is InChI=1S/C18H33N5O7S/c1-9(2)14(18(29)30)23-16(27)11(7-13(24)25)21-17(28)12(8-31)22-15(26)10(20)5-3-4-6-19/h9-12,14,31H,3-8,19-20H2,1-2H3,(H,21,28)(H,22,26)(H,23,27)(H,24,25)(H,29,30). The normalized spacial score (nSPS) is 14.8. The van der Waals surface area contributed by atoms with E-state index in [-0.39, 0.29) is 5.75 Å². The minimum atomic E-state index is -1.55. The molecule has 12 nitrogen and oxygen atoms in total. The molecule has 0 heterocycles. The van der Waals surface area contributed by atoms with Gasteiger partial charge in [-0.3, -0.25) is 19.2 Å². The number of carbonyl (C=O) groups excluding carboxylic acids is 3. The number of carboxylic acid groups (broad SMARTS) is 2. The summed E-state index contributed by atoms with van der Waals surface area (Å²) < 4.78 is 0. The molecule has 0 saturated carbocycles. The highest BCUT2D eigenvalue weighted by Gasteiger charge is 2.32. The molecule has 0 fully saturated rings. The summed E-state index contributed by atoms with van der Waals surface area (Å²) in [5, 5.41) is 25.1. The first-order valence-corrected chi connectivity index (χ1v) is 10.5. The second-order valence-corrected chi connectivity index (χ2v) is 7.73. The second-order valence-electron chi connectivity index (χ2n) is 7.36. The minimum absolute atomic E-state index is 0.141. The van der Waals surface area contributed by atoms with Crippen LogP contribution in [0.5, 0.6) is 0 Å². The SMILES string of the molecule is CC(C)C(NC(=O)C(CC(=O)O)NC(=O)C(CS)NC(=O)C(N)CCCCN)C(=O)O. The Bertz CT molecular complexity index is 647. The minimum Gasteiger partial charge on any atom is -0.481 e. The monoisotopic (exact) mass is 463 g/mol. The van der Waals surface area contributed by atoms with Crippen LogP contribution in [0.1, 0.15) is 39.5 Å². The Kier molecular flexibility index (Phi) is 13.5. The maximum Gasteiger partial charge on any atom is 0.326 e. The molecule has 3 amide bonds. The van der Waals surface area contributed by atoms with E-state index >= 15 is 0 Å². The van der Waals surface area contributed by atoms with Crippen molar-refractivity contribution in [2.45, 2.75) is 63.7 Å². The van der Waals surface area contributed by atoms with Crippen LogP contribution in [0.2, 0.25) is 0 Å². The highest BCUT2D eigenvalue weighted by Crippen LogP contribution is 2.05. The first-order chi connectivity index (χ1) is 14.4. The third-order valence-corrected chi connectivity index (χ3v) is 4.73. The molecular weight excluding hydrogens is 430 g/mol. The van der Waals surface area contributed by atoms with E-state index < -0.39 is 66.2 Å². The van der Waals surface area contributed by atoms with Gasteiger partial charge in [0, 0.05) is 5.75 Å². The van der Waals surface area contributed by atoms with E-state index in [0.29, 0.717) is 25.8 Å². The Balaban J connectivity index is 5.17. The van der Waals surface area contributed by atoms with Crippen LogP contribution in [0, 0.1) is 5.92 Å². The Morgan fingerprint density at radius 3 is 1.90 bits per heavy atom. The predicted molar refractivity (Wildman–Crippen MR) is 115 cm³/mol. The van der Waals surface area contributed by atoms with Crippen molar-refractivity contribution in [3.8, 4) is 0 Å². The van der Waals surface area contributed by atoms with E-state index in [9.17, 15) is 29.1 Å². The van der Waals surface area contributed by atoms with Crippen LogP contribution >= 0.6 is 12.6 Å². The molecule has 0 bridgehead atoms. The quantitative estimate of drug-likeness (QED) is 0.0998. The lowest BCUT2D eigenvalue weighted by Crippen LogP contribution is -2.58. The van der Waals surface area contributed by atoms with Gasteiger partial charge in [0.05, 0.1) is 12.5 Å². The van der Waals surface area contributed by atoms with Gasteiger partial charge in [-0.2, -0.15) is 12.6 Å². The van der Waals surface area contributed by atoms with Gasteiger partial charge in [0.15, 0.2) is 0 Å². The van der Waals surface area contributed by atoms with Gasteiger partial charge in [-0.1, -0.05) is 20.3 Å². The number of carboxylic acids is 2. The molecule has 0 aromatic heterocycles. The number of hydrogen-bond acceptors (Lipinski definition) is 8. The number of nitrogens with two attached hydrogens (primary N) is 2. The van der Waals surface area contributed by atoms with E-state index in [1.165, 1.54) is 0 Å². The zero-order chi connectivity index (χ0) is 24.1. The topological polar surface area (TPSA) is 214 Å². The van der Waals surface area contributed by atoms with Crippen molar-refractivity contribution in [1.82, 2.24) is 16.0 Å². The lowest BCUT2D eigenvalue weighted by Gasteiger charge is -2.24. The molecule has 0 aromatic rings. The van der Waals surface area contributed by atoms with E-state index in [1.807, 2.05) is 0 Å². The van der Waals surface area contributed by atoms with Crippen LogP contribution in [0.3, 0.4) is 0 Å². The molecule has 4 unspecified atom stereocenters. The third kappa shape index (κ3) is 11.0. The van der Waals surface area contributed by atoms with Crippen molar-refractivity contribution in [3.05, 3.63) is 0 Å². The summed E-state index contributed by atoms with van der Waals surface area (Å²) in [7, 11) is 0. The number of hydrogen-bond donors (Lipinski definition) is 8. The van der Waals surface area contributed by atoms with Crippen molar-refractivity contribution >= 4 is 42.3 Å². The molecule has 0 aromatic carbocycles. The zero-order valence-corrected chi connectivity index (χ0v) is 18.6. The molecule has 0 saturated heterocycles. The van der Waals surface area contributed by atoms with E-state index in [2.05, 4.69) is 28.6 Å². The van der Waals surface area contributed by atoms with Crippen LogP contribution in [0.4, 0.5) is 0 Å². The first-order valence-electron chi connectivity index (χ1n) is 9.86. The number of carbonyl (C=O) groups is 5. The molecule has 4 atom stereocenters. The van der Waals surface area contributed by atoms with Crippen LogP contribution in [0.25, 0.3) is 0 Å². The molecular formula is C18H33N5O7S. The second kappa shape index (κ2) is 14.6. The molecule has 178 valence electrons. The highest BCUT2D eigenvalue weighted by molar-refractivity contribution is 7.80. The summed E-state index contributed by atoms with van der Waals surface area (Å²) in [6.45, 7) is 3.59. The number of unbranched alkanes of at least 4 members (excludes halogenated alkanes) is 1. The smallest absolute Gasteiger partial charge is 0.326 e. The molecule has 0 aliphatic heterocycles. The third-order valence-electron chi connectivity index (χ3n) is 4.36. The fourth-order valence-electron chi connectivity index (χ4n) is 2.54. The fourth-order valence-corrected chi connectivity index (χ4v) is 2.79.